The second-order valence-corrected chi connectivity index (χ2v) is 9.27. The molecule has 0 spiro atoms. The summed E-state index contributed by atoms with van der Waals surface area (Å²) in [6.07, 6.45) is -3.34. The molecule has 3 aromatic rings. The molecule has 1 amide bonds. The molecule has 1 N–H and O–H groups in total. The maximum Gasteiger partial charge on any atom is 0.418 e. The third-order valence-electron chi connectivity index (χ3n) is 7.81. The number of rotatable bonds is 2. The highest BCUT2D eigenvalue weighted by Gasteiger charge is 2.73. The molecule has 160 valence electrons. The highest BCUT2D eigenvalue weighted by atomic mass is 19.4. The number of carbonyl (C=O) groups is 1. The number of hydrogen-bond acceptors (Lipinski definition) is 3. The number of halogens is 3. The summed E-state index contributed by atoms with van der Waals surface area (Å²) in [6, 6.07) is 12.5. The van der Waals surface area contributed by atoms with Crippen LogP contribution in [0.2, 0.25) is 0 Å². The van der Waals surface area contributed by atoms with Crippen LogP contribution in [-0.4, -0.2) is 15.9 Å². The van der Waals surface area contributed by atoms with Crippen LogP contribution in [0.3, 0.4) is 0 Å². The Morgan fingerprint density at radius 3 is 2.13 bits per heavy atom. The van der Waals surface area contributed by atoms with Gasteiger partial charge < -0.3 is 5.32 Å². The van der Waals surface area contributed by atoms with Gasteiger partial charge in [0.2, 0.25) is 5.91 Å². The first-order valence-corrected chi connectivity index (χ1v) is 10.3. The van der Waals surface area contributed by atoms with Gasteiger partial charge in [-0.25, -0.2) is 9.97 Å². The van der Waals surface area contributed by atoms with Crippen molar-refractivity contribution in [3.63, 3.8) is 0 Å². The van der Waals surface area contributed by atoms with Crippen molar-refractivity contribution in [1.29, 1.82) is 0 Å². The van der Waals surface area contributed by atoms with Gasteiger partial charge in [0.1, 0.15) is 0 Å². The van der Waals surface area contributed by atoms with E-state index in [1.807, 2.05) is 38.1 Å². The van der Waals surface area contributed by atoms with E-state index in [1.165, 1.54) is 18.2 Å². The SMILES string of the molecule is CC1(C)[C@]2(C)CC[C@@]1(C(=O)Nc1ccccc1C(F)(F)F)c1nc3ccccc3nc12. The zero-order valence-corrected chi connectivity index (χ0v) is 17.5. The molecule has 2 aromatic carbocycles. The summed E-state index contributed by atoms with van der Waals surface area (Å²) in [5.41, 5.74) is -0.333. The highest BCUT2D eigenvalue weighted by Crippen LogP contribution is 2.70. The lowest BCUT2D eigenvalue weighted by molar-refractivity contribution is -0.137. The van der Waals surface area contributed by atoms with Gasteiger partial charge in [-0.05, 0) is 42.5 Å². The Labute approximate surface area is 177 Å². The third-order valence-corrected chi connectivity index (χ3v) is 7.81. The summed E-state index contributed by atoms with van der Waals surface area (Å²) in [5.74, 6) is -0.457. The van der Waals surface area contributed by atoms with Crippen molar-refractivity contribution in [2.45, 2.75) is 50.6 Å². The van der Waals surface area contributed by atoms with Crippen molar-refractivity contribution in [1.82, 2.24) is 9.97 Å². The lowest BCUT2D eigenvalue weighted by Crippen LogP contribution is -2.48. The molecule has 0 radical (unpaired) electrons. The normalized spacial score (nSPS) is 26.1. The van der Waals surface area contributed by atoms with Crippen molar-refractivity contribution < 1.29 is 18.0 Å². The smallest absolute Gasteiger partial charge is 0.325 e. The van der Waals surface area contributed by atoms with Crippen LogP contribution in [0.1, 0.15) is 50.6 Å². The maximum absolute atomic E-state index is 13.8. The fourth-order valence-corrected chi connectivity index (χ4v) is 5.62. The summed E-state index contributed by atoms with van der Waals surface area (Å²) in [4.78, 5) is 23.5. The number of aromatic nitrogens is 2. The van der Waals surface area contributed by atoms with Gasteiger partial charge in [0.25, 0.3) is 0 Å². The summed E-state index contributed by atoms with van der Waals surface area (Å²) in [6.45, 7) is 6.09. The number of nitrogens with zero attached hydrogens (tertiary/aromatic N) is 2. The quantitative estimate of drug-likeness (QED) is 0.580. The Hall–Kier alpha value is -2.96. The van der Waals surface area contributed by atoms with E-state index in [4.69, 9.17) is 9.97 Å². The van der Waals surface area contributed by atoms with Crippen molar-refractivity contribution >= 4 is 22.6 Å². The molecule has 1 aromatic heterocycles. The second-order valence-electron chi connectivity index (χ2n) is 9.27. The van der Waals surface area contributed by atoms with Gasteiger partial charge in [-0.2, -0.15) is 13.2 Å². The zero-order chi connectivity index (χ0) is 22.2. The standard InChI is InChI=1S/C24H22F3N3O/c1-21(2)22(3)12-13-23(21,19-18(22)28-16-10-6-7-11-17(16)29-19)20(31)30-15-9-5-4-8-14(15)24(25,26)27/h4-11H,12-13H2,1-3H3,(H,30,31)/t22-,23+/m1/s1. The van der Waals surface area contributed by atoms with Crippen LogP contribution in [0.5, 0.6) is 0 Å². The van der Waals surface area contributed by atoms with Gasteiger partial charge in [0, 0.05) is 5.41 Å². The molecular formula is C24H22F3N3O. The fraction of sp³-hybridized carbons (Fsp3) is 0.375. The first-order chi connectivity index (χ1) is 14.5. The molecule has 1 saturated carbocycles. The Bertz CT molecular complexity index is 1240. The Kier molecular flexibility index (Phi) is 3.90. The topological polar surface area (TPSA) is 54.9 Å². The van der Waals surface area contributed by atoms with Crippen molar-refractivity contribution in [3.8, 4) is 0 Å². The van der Waals surface area contributed by atoms with Gasteiger partial charge >= 0.3 is 6.18 Å². The molecular weight excluding hydrogens is 403 g/mol. The molecule has 5 rings (SSSR count). The molecule has 2 aliphatic carbocycles. The summed E-state index contributed by atoms with van der Waals surface area (Å²) < 4.78 is 40.5. The Morgan fingerprint density at radius 2 is 1.48 bits per heavy atom. The molecule has 7 heteroatoms. The zero-order valence-electron chi connectivity index (χ0n) is 17.5. The molecule has 2 aliphatic rings. The van der Waals surface area contributed by atoms with E-state index in [-0.39, 0.29) is 5.69 Å². The highest BCUT2D eigenvalue weighted by molar-refractivity contribution is 6.02. The molecule has 0 aliphatic heterocycles. The molecule has 0 unspecified atom stereocenters. The van der Waals surface area contributed by atoms with Gasteiger partial charge in [0.05, 0.1) is 39.1 Å². The molecule has 2 bridgehead atoms. The predicted octanol–water partition coefficient (Wildman–Crippen LogP) is 5.62. The number of fused-ring (bicyclic) bond motifs is 6. The molecule has 1 heterocycles. The molecule has 4 nitrogen and oxygen atoms in total. The molecule has 0 saturated heterocycles. The van der Waals surface area contributed by atoms with Gasteiger partial charge in [-0.3, -0.25) is 4.79 Å². The summed E-state index contributed by atoms with van der Waals surface area (Å²) in [5, 5.41) is 2.61. The van der Waals surface area contributed by atoms with Crippen molar-refractivity contribution in [2.75, 3.05) is 5.32 Å². The Balaban J connectivity index is 1.68. The van der Waals surface area contributed by atoms with E-state index in [0.29, 0.717) is 24.1 Å². The van der Waals surface area contributed by atoms with E-state index in [1.54, 1.807) is 0 Å². The van der Waals surface area contributed by atoms with E-state index >= 15 is 0 Å². The van der Waals surface area contributed by atoms with Crippen molar-refractivity contribution in [3.05, 3.63) is 65.5 Å². The number of carbonyl (C=O) groups excluding carboxylic acids is 1. The first kappa shape index (κ1) is 20.0. The largest absolute Gasteiger partial charge is 0.418 e. The first-order valence-electron chi connectivity index (χ1n) is 10.3. The van der Waals surface area contributed by atoms with E-state index in [0.717, 1.165) is 17.3 Å². The maximum atomic E-state index is 13.8. The number of para-hydroxylation sites is 3. The van der Waals surface area contributed by atoms with Crippen LogP contribution in [0.25, 0.3) is 11.0 Å². The predicted molar refractivity (Wildman–Crippen MR) is 112 cm³/mol. The van der Waals surface area contributed by atoms with Crippen LogP contribution in [0.4, 0.5) is 18.9 Å². The summed E-state index contributed by atoms with van der Waals surface area (Å²) in [7, 11) is 0. The van der Waals surface area contributed by atoms with E-state index < -0.39 is 33.9 Å². The lowest BCUT2D eigenvalue weighted by Gasteiger charge is -2.39. The number of benzene rings is 2. The molecule has 2 atom stereocenters. The number of amides is 1. The average molecular weight is 425 g/mol. The summed E-state index contributed by atoms with van der Waals surface area (Å²) >= 11 is 0. The van der Waals surface area contributed by atoms with Crippen LogP contribution in [-0.2, 0) is 21.8 Å². The van der Waals surface area contributed by atoms with E-state index in [2.05, 4.69) is 12.2 Å². The number of hydrogen-bond donors (Lipinski definition) is 1. The van der Waals surface area contributed by atoms with E-state index in [9.17, 15) is 18.0 Å². The minimum atomic E-state index is -4.56. The molecule has 1 fully saturated rings. The fourth-order valence-electron chi connectivity index (χ4n) is 5.62. The minimum Gasteiger partial charge on any atom is -0.325 e. The number of nitrogens with one attached hydrogen (secondary N) is 1. The Morgan fingerprint density at radius 1 is 0.903 bits per heavy atom. The van der Waals surface area contributed by atoms with Crippen molar-refractivity contribution in [2.24, 2.45) is 5.41 Å². The monoisotopic (exact) mass is 425 g/mol. The van der Waals surface area contributed by atoms with Gasteiger partial charge in [0.15, 0.2) is 0 Å². The average Bonchev–Trinajstić information content (AvgIpc) is 3.01. The number of anilines is 1. The van der Waals surface area contributed by atoms with Crippen LogP contribution in [0.15, 0.2) is 48.5 Å². The van der Waals surface area contributed by atoms with Gasteiger partial charge in [-0.15, -0.1) is 0 Å². The lowest BCUT2D eigenvalue weighted by atomic mass is 9.63. The second kappa shape index (κ2) is 6.05. The molecule has 31 heavy (non-hydrogen) atoms. The van der Waals surface area contributed by atoms with Gasteiger partial charge in [-0.1, -0.05) is 45.0 Å². The van der Waals surface area contributed by atoms with Crippen LogP contribution in [0, 0.1) is 5.41 Å². The third kappa shape index (κ3) is 2.40. The number of alkyl halides is 3. The minimum absolute atomic E-state index is 0.235. The van der Waals surface area contributed by atoms with Crippen LogP contribution >= 0.6 is 0 Å². The van der Waals surface area contributed by atoms with Crippen LogP contribution < -0.4 is 5.32 Å².